The highest BCUT2D eigenvalue weighted by Gasteiger charge is 2.17. The molecular formula is C14H20N4O2. The van der Waals surface area contributed by atoms with Gasteiger partial charge in [0.1, 0.15) is 17.7 Å². The van der Waals surface area contributed by atoms with Crippen molar-refractivity contribution in [1.82, 2.24) is 4.98 Å². The van der Waals surface area contributed by atoms with E-state index in [0.29, 0.717) is 30.3 Å². The van der Waals surface area contributed by atoms with Gasteiger partial charge in [-0.3, -0.25) is 0 Å². The zero-order chi connectivity index (χ0) is 14.4. The monoisotopic (exact) mass is 276 g/mol. The van der Waals surface area contributed by atoms with E-state index in [4.69, 9.17) is 9.84 Å². The molecule has 1 fully saturated rings. The Labute approximate surface area is 118 Å². The van der Waals surface area contributed by atoms with Crippen LogP contribution in [0.4, 0.5) is 11.6 Å². The molecule has 3 N–H and O–H groups in total. The van der Waals surface area contributed by atoms with Crippen molar-refractivity contribution in [2.45, 2.75) is 25.9 Å². The van der Waals surface area contributed by atoms with Crippen molar-refractivity contribution in [3.63, 3.8) is 0 Å². The minimum absolute atomic E-state index is 0.0411. The third-order valence-electron chi connectivity index (χ3n) is 3.27. The average Bonchev–Trinajstić information content (AvgIpc) is 2.95. The number of nitrogens with one attached hydrogen (secondary N) is 2. The molecule has 1 atom stereocenters. The lowest BCUT2D eigenvalue weighted by atomic mass is 10.1. The normalized spacial score (nSPS) is 17.8. The van der Waals surface area contributed by atoms with Crippen LogP contribution >= 0.6 is 0 Å². The van der Waals surface area contributed by atoms with E-state index in [1.54, 1.807) is 0 Å². The summed E-state index contributed by atoms with van der Waals surface area (Å²) in [5.74, 6) is 1.23. The van der Waals surface area contributed by atoms with Crippen LogP contribution in [-0.2, 0) is 4.74 Å². The highest BCUT2D eigenvalue weighted by Crippen LogP contribution is 2.21. The molecule has 1 aliphatic heterocycles. The summed E-state index contributed by atoms with van der Waals surface area (Å²) in [7, 11) is 0. The van der Waals surface area contributed by atoms with Gasteiger partial charge >= 0.3 is 0 Å². The van der Waals surface area contributed by atoms with E-state index in [-0.39, 0.29) is 12.7 Å². The SMILES string of the molecule is Cc1cc(NCCO)nc(NC[C@@H]2CCCO2)c1C#N. The van der Waals surface area contributed by atoms with E-state index in [9.17, 15) is 5.26 Å². The van der Waals surface area contributed by atoms with Crippen LogP contribution in [0.2, 0.25) is 0 Å². The van der Waals surface area contributed by atoms with Gasteiger partial charge in [0, 0.05) is 19.7 Å². The fourth-order valence-electron chi connectivity index (χ4n) is 2.23. The lowest BCUT2D eigenvalue weighted by Gasteiger charge is -2.15. The highest BCUT2D eigenvalue weighted by atomic mass is 16.5. The first kappa shape index (κ1) is 14.6. The molecule has 2 heterocycles. The minimum Gasteiger partial charge on any atom is -0.395 e. The molecule has 0 amide bonds. The van der Waals surface area contributed by atoms with Crippen LogP contribution in [0.3, 0.4) is 0 Å². The maximum absolute atomic E-state index is 9.24. The molecule has 1 aliphatic rings. The predicted octanol–water partition coefficient (Wildman–Crippen LogP) is 1.26. The summed E-state index contributed by atoms with van der Waals surface area (Å²) in [6, 6.07) is 3.99. The van der Waals surface area contributed by atoms with Crippen LogP contribution in [0, 0.1) is 18.3 Å². The van der Waals surface area contributed by atoms with Crippen molar-refractivity contribution in [2.24, 2.45) is 0 Å². The van der Waals surface area contributed by atoms with E-state index < -0.39 is 0 Å². The number of anilines is 2. The molecule has 108 valence electrons. The number of aryl methyl sites for hydroxylation is 1. The topological polar surface area (TPSA) is 90.2 Å². The van der Waals surface area contributed by atoms with E-state index >= 15 is 0 Å². The second-order valence-electron chi connectivity index (χ2n) is 4.83. The quantitative estimate of drug-likeness (QED) is 0.724. The van der Waals surface area contributed by atoms with Gasteiger partial charge in [0.2, 0.25) is 0 Å². The number of ether oxygens (including phenoxy) is 1. The average molecular weight is 276 g/mol. The van der Waals surface area contributed by atoms with Crippen molar-refractivity contribution in [2.75, 3.05) is 36.9 Å². The van der Waals surface area contributed by atoms with Crippen molar-refractivity contribution in [3.8, 4) is 6.07 Å². The number of nitriles is 1. The second kappa shape index (κ2) is 7.08. The van der Waals surface area contributed by atoms with E-state index in [0.717, 1.165) is 25.0 Å². The Hall–Kier alpha value is -1.84. The second-order valence-corrected chi connectivity index (χ2v) is 4.83. The molecule has 0 aliphatic carbocycles. The van der Waals surface area contributed by atoms with Crippen LogP contribution in [0.1, 0.15) is 24.0 Å². The number of nitrogens with zero attached hydrogens (tertiary/aromatic N) is 2. The molecule has 1 saturated heterocycles. The number of hydrogen-bond acceptors (Lipinski definition) is 6. The Morgan fingerprint density at radius 1 is 1.55 bits per heavy atom. The van der Waals surface area contributed by atoms with Crippen LogP contribution < -0.4 is 10.6 Å². The standard InChI is InChI=1S/C14H20N4O2/c1-10-7-13(16-4-5-19)18-14(12(10)8-15)17-9-11-3-2-6-20-11/h7,11,19H,2-6,9H2,1H3,(H2,16,17,18)/t11-/m0/s1. The zero-order valence-electron chi connectivity index (χ0n) is 11.6. The molecule has 20 heavy (non-hydrogen) atoms. The lowest BCUT2D eigenvalue weighted by molar-refractivity contribution is 0.120. The molecule has 0 bridgehead atoms. The lowest BCUT2D eigenvalue weighted by Crippen LogP contribution is -2.20. The summed E-state index contributed by atoms with van der Waals surface area (Å²) >= 11 is 0. The molecule has 2 rings (SSSR count). The Bertz CT molecular complexity index is 493. The third-order valence-corrected chi connectivity index (χ3v) is 3.27. The van der Waals surface area contributed by atoms with Gasteiger partial charge in [-0.05, 0) is 31.4 Å². The molecule has 6 heteroatoms. The van der Waals surface area contributed by atoms with Gasteiger partial charge in [-0.1, -0.05) is 0 Å². The highest BCUT2D eigenvalue weighted by molar-refractivity contribution is 5.60. The van der Waals surface area contributed by atoms with Gasteiger partial charge in [0.05, 0.1) is 18.3 Å². The molecule has 0 spiro atoms. The Balaban J connectivity index is 2.10. The van der Waals surface area contributed by atoms with E-state index in [1.165, 1.54) is 0 Å². The predicted molar refractivity (Wildman–Crippen MR) is 76.7 cm³/mol. The molecule has 1 aromatic heterocycles. The van der Waals surface area contributed by atoms with Gasteiger partial charge in [-0.15, -0.1) is 0 Å². The van der Waals surface area contributed by atoms with Gasteiger partial charge in [-0.2, -0.15) is 5.26 Å². The molecule has 1 aromatic rings. The maximum atomic E-state index is 9.24. The molecule has 0 saturated carbocycles. The largest absolute Gasteiger partial charge is 0.395 e. The summed E-state index contributed by atoms with van der Waals surface area (Å²) < 4.78 is 5.55. The van der Waals surface area contributed by atoms with E-state index in [2.05, 4.69) is 21.7 Å². The molecule has 6 nitrogen and oxygen atoms in total. The fraction of sp³-hybridized carbons (Fsp3) is 0.571. The van der Waals surface area contributed by atoms with Gasteiger partial charge in [0.15, 0.2) is 0 Å². The minimum atomic E-state index is 0.0411. The molecule has 0 aromatic carbocycles. The zero-order valence-corrected chi connectivity index (χ0v) is 11.6. The van der Waals surface area contributed by atoms with Gasteiger partial charge in [0.25, 0.3) is 0 Å². The number of rotatable bonds is 6. The van der Waals surface area contributed by atoms with Crippen LogP contribution in [0.15, 0.2) is 6.07 Å². The summed E-state index contributed by atoms with van der Waals surface area (Å²) in [5.41, 5.74) is 1.41. The Kier molecular flexibility index (Phi) is 5.16. The summed E-state index contributed by atoms with van der Waals surface area (Å²) in [4.78, 5) is 4.39. The molecule has 0 radical (unpaired) electrons. The maximum Gasteiger partial charge on any atom is 0.146 e. The number of aliphatic hydroxyl groups is 1. The fourth-order valence-corrected chi connectivity index (χ4v) is 2.23. The van der Waals surface area contributed by atoms with E-state index in [1.807, 2.05) is 13.0 Å². The first-order chi connectivity index (χ1) is 9.74. The Morgan fingerprint density at radius 3 is 3.05 bits per heavy atom. The van der Waals surface area contributed by atoms with Gasteiger partial charge in [-0.25, -0.2) is 4.98 Å². The van der Waals surface area contributed by atoms with Crippen molar-refractivity contribution < 1.29 is 9.84 Å². The smallest absolute Gasteiger partial charge is 0.146 e. The summed E-state index contributed by atoms with van der Waals surface area (Å²) in [5, 5.41) is 24.3. The number of aromatic nitrogens is 1. The van der Waals surface area contributed by atoms with Crippen molar-refractivity contribution in [3.05, 3.63) is 17.2 Å². The third kappa shape index (κ3) is 3.59. The van der Waals surface area contributed by atoms with Crippen LogP contribution in [-0.4, -0.2) is 42.5 Å². The molecule has 0 unspecified atom stereocenters. The number of hydrogen-bond donors (Lipinski definition) is 3. The van der Waals surface area contributed by atoms with Crippen molar-refractivity contribution >= 4 is 11.6 Å². The van der Waals surface area contributed by atoms with Crippen LogP contribution in [0.5, 0.6) is 0 Å². The number of aliphatic hydroxyl groups excluding tert-OH is 1. The molecular weight excluding hydrogens is 256 g/mol. The van der Waals surface area contributed by atoms with Gasteiger partial charge < -0.3 is 20.5 Å². The summed E-state index contributed by atoms with van der Waals surface area (Å²) in [6.45, 7) is 3.82. The first-order valence-corrected chi connectivity index (χ1v) is 6.86. The first-order valence-electron chi connectivity index (χ1n) is 6.86. The van der Waals surface area contributed by atoms with Crippen LogP contribution in [0.25, 0.3) is 0 Å². The Morgan fingerprint density at radius 2 is 2.40 bits per heavy atom. The number of pyridine rings is 1. The summed E-state index contributed by atoms with van der Waals surface area (Å²) in [6.07, 6.45) is 2.32. The van der Waals surface area contributed by atoms with Crippen molar-refractivity contribution in [1.29, 1.82) is 5.26 Å².